The third-order valence-corrected chi connectivity index (χ3v) is 3.07. The van der Waals surface area contributed by atoms with Gasteiger partial charge in [-0.2, -0.15) is 0 Å². The van der Waals surface area contributed by atoms with E-state index in [2.05, 4.69) is 10.6 Å². The molecule has 110 valence electrons. The fourth-order valence-electron chi connectivity index (χ4n) is 1.46. The van der Waals surface area contributed by atoms with Gasteiger partial charge >= 0.3 is 0 Å². The second-order valence-electron chi connectivity index (χ2n) is 4.83. The highest BCUT2D eigenvalue weighted by Crippen LogP contribution is 2.20. The van der Waals surface area contributed by atoms with Crippen LogP contribution in [0.2, 0.25) is 10.0 Å². The molecular formula is C14H18Cl2N2O2. The van der Waals surface area contributed by atoms with E-state index in [1.54, 1.807) is 12.1 Å². The van der Waals surface area contributed by atoms with Crippen LogP contribution in [0.1, 0.15) is 30.6 Å². The van der Waals surface area contributed by atoms with Gasteiger partial charge in [0.1, 0.15) is 0 Å². The van der Waals surface area contributed by atoms with Crippen LogP contribution in [-0.2, 0) is 4.79 Å². The predicted octanol–water partition coefficient (Wildman–Crippen LogP) is 2.89. The van der Waals surface area contributed by atoms with Crippen LogP contribution in [0.5, 0.6) is 0 Å². The number of benzene rings is 1. The minimum Gasteiger partial charge on any atom is -0.356 e. The van der Waals surface area contributed by atoms with Gasteiger partial charge in [0.2, 0.25) is 5.91 Å². The van der Waals surface area contributed by atoms with Crippen molar-refractivity contribution < 1.29 is 9.59 Å². The first kappa shape index (κ1) is 16.8. The van der Waals surface area contributed by atoms with Crippen molar-refractivity contribution in [1.29, 1.82) is 0 Å². The Labute approximate surface area is 128 Å². The van der Waals surface area contributed by atoms with Gasteiger partial charge in [0.15, 0.2) is 0 Å². The minimum atomic E-state index is -0.316. The van der Waals surface area contributed by atoms with E-state index < -0.39 is 0 Å². The maximum Gasteiger partial charge on any atom is 0.252 e. The van der Waals surface area contributed by atoms with Crippen LogP contribution in [0.3, 0.4) is 0 Å². The summed E-state index contributed by atoms with van der Waals surface area (Å²) in [5.74, 6) is 0.00550. The summed E-state index contributed by atoms with van der Waals surface area (Å²) in [4.78, 5) is 23.3. The lowest BCUT2D eigenvalue weighted by Gasteiger charge is -2.09. The monoisotopic (exact) mass is 316 g/mol. The Balaban J connectivity index is 2.38. The summed E-state index contributed by atoms with van der Waals surface area (Å²) in [7, 11) is 0. The lowest BCUT2D eigenvalue weighted by atomic mass is 10.2. The lowest BCUT2D eigenvalue weighted by molar-refractivity contribution is -0.121. The van der Waals surface area contributed by atoms with Gasteiger partial charge in [-0.3, -0.25) is 9.59 Å². The molecule has 0 bridgehead atoms. The Morgan fingerprint density at radius 3 is 2.50 bits per heavy atom. The van der Waals surface area contributed by atoms with E-state index >= 15 is 0 Å². The van der Waals surface area contributed by atoms with Crippen molar-refractivity contribution in [2.75, 3.05) is 13.1 Å². The van der Waals surface area contributed by atoms with E-state index in [0.29, 0.717) is 28.1 Å². The summed E-state index contributed by atoms with van der Waals surface area (Å²) in [5, 5.41) is 6.19. The fourth-order valence-corrected chi connectivity index (χ4v) is 1.96. The second kappa shape index (κ2) is 8.12. The van der Waals surface area contributed by atoms with Crippen molar-refractivity contribution in [3.8, 4) is 0 Å². The highest BCUT2D eigenvalue weighted by atomic mass is 35.5. The molecule has 0 heterocycles. The Morgan fingerprint density at radius 2 is 1.90 bits per heavy atom. The molecule has 1 aromatic rings. The minimum absolute atomic E-state index is 0.0822. The Bertz CT molecular complexity index is 490. The predicted molar refractivity (Wildman–Crippen MR) is 81.3 cm³/mol. The highest BCUT2D eigenvalue weighted by molar-refractivity contribution is 6.36. The van der Waals surface area contributed by atoms with Gasteiger partial charge in [-0.15, -0.1) is 0 Å². The molecule has 0 atom stereocenters. The van der Waals surface area contributed by atoms with E-state index in [4.69, 9.17) is 23.2 Å². The number of carbonyl (C=O) groups is 2. The Kier molecular flexibility index (Phi) is 6.82. The number of carbonyl (C=O) groups excluding carboxylic acids is 2. The van der Waals surface area contributed by atoms with Gasteiger partial charge < -0.3 is 10.6 Å². The zero-order valence-corrected chi connectivity index (χ0v) is 13.0. The zero-order valence-electron chi connectivity index (χ0n) is 11.5. The molecule has 20 heavy (non-hydrogen) atoms. The quantitative estimate of drug-likeness (QED) is 0.847. The van der Waals surface area contributed by atoms with E-state index in [9.17, 15) is 9.59 Å². The van der Waals surface area contributed by atoms with Crippen molar-refractivity contribution in [1.82, 2.24) is 10.6 Å². The Morgan fingerprint density at radius 1 is 1.20 bits per heavy atom. The van der Waals surface area contributed by atoms with E-state index in [0.717, 1.165) is 0 Å². The molecule has 0 saturated heterocycles. The molecule has 6 heteroatoms. The largest absolute Gasteiger partial charge is 0.356 e. The maximum absolute atomic E-state index is 11.9. The zero-order chi connectivity index (χ0) is 15.1. The smallest absolute Gasteiger partial charge is 0.252 e. The first-order valence-electron chi connectivity index (χ1n) is 6.40. The highest BCUT2D eigenvalue weighted by Gasteiger charge is 2.11. The molecule has 2 amide bonds. The number of halogens is 2. The summed E-state index contributed by atoms with van der Waals surface area (Å²) in [6.07, 6.45) is 0.240. The van der Waals surface area contributed by atoms with Gasteiger partial charge in [0, 0.05) is 24.5 Å². The van der Waals surface area contributed by atoms with Crippen molar-refractivity contribution >= 4 is 35.0 Å². The molecule has 0 saturated carbocycles. The number of hydrogen-bond acceptors (Lipinski definition) is 2. The third kappa shape index (κ3) is 5.80. The molecular weight excluding hydrogens is 299 g/mol. The number of hydrogen-bond donors (Lipinski definition) is 2. The first-order valence-corrected chi connectivity index (χ1v) is 7.15. The molecule has 0 aromatic heterocycles. The van der Waals surface area contributed by atoms with Crippen LogP contribution >= 0.6 is 23.2 Å². The summed E-state index contributed by atoms with van der Waals surface area (Å²) in [6, 6.07) is 4.66. The molecule has 0 aliphatic carbocycles. The van der Waals surface area contributed by atoms with E-state index in [-0.39, 0.29) is 24.8 Å². The van der Waals surface area contributed by atoms with Gasteiger partial charge in [0.05, 0.1) is 10.6 Å². The van der Waals surface area contributed by atoms with Gasteiger partial charge in [0.25, 0.3) is 5.91 Å². The summed E-state index contributed by atoms with van der Waals surface area (Å²) >= 11 is 11.7. The number of rotatable bonds is 6. The molecule has 0 spiro atoms. The van der Waals surface area contributed by atoms with Crippen molar-refractivity contribution in [2.45, 2.75) is 20.3 Å². The average Bonchev–Trinajstić information content (AvgIpc) is 2.36. The molecule has 1 rings (SSSR count). The van der Waals surface area contributed by atoms with Crippen LogP contribution in [-0.4, -0.2) is 24.9 Å². The molecule has 2 N–H and O–H groups in total. The molecule has 0 radical (unpaired) electrons. The van der Waals surface area contributed by atoms with Crippen LogP contribution in [0.15, 0.2) is 18.2 Å². The molecule has 0 aliphatic heterocycles. The van der Waals surface area contributed by atoms with Crippen LogP contribution in [0.4, 0.5) is 0 Å². The van der Waals surface area contributed by atoms with Crippen molar-refractivity contribution in [3.05, 3.63) is 33.8 Å². The number of nitrogens with one attached hydrogen (secondary N) is 2. The van der Waals surface area contributed by atoms with E-state index in [1.165, 1.54) is 6.07 Å². The SMILES string of the molecule is CC(C)CNC(=O)CCNC(=O)c1ccc(Cl)cc1Cl. The molecule has 0 aliphatic rings. The average molecular weight is 317 g/mol. The van der Waals surface area contributed by atoms with Crippen molar-refractivity contribution in [3.63, 3.8) is 0 Å². The molecule has 0 fully saturated rings. The van der Waals surface area contributed by atoms with Crippen LogP contribution in [0.25, 0.3) is 0 Å². The normalized spacial score (nSPS) is 10.4. The summed E-state index contributed by atoms with van der Waals surface area (Å²) in [5.41, 5.74) is 0.346. The summed E-state index contributed by atoms with van der Waals surface area (Å²) < 4.78 is 0. The van der Waals surface area contributed by atoms with Crippen molar-refractivity contribution in [2.24, 2.45) is 5.92 Å². The second-order valence-corrected chi connectivity index (χ2v) is 5.67. The van der Waals surface area contributed by atoms with Gasteiger partial charge in [-0.1, -0.05) is 37.0 Å². The number of amides is 2. The standard InChI is InChI=1S/C14H18Cl2N2O2/c1-9(2)8-18-13(19)5-6-17-14(20)11-4-3-10(15)7-12(11)16/h3-4,7,9H,5-6,8H2,1-2H3,(H,17,20)(H,18,19). The summed E-state index contributed by atoms with van der Waals surface area (Å²) in [6.45, 7) is 4.94. The molecule has 0 unspecified atom stereocenters. The fraction of sp³-hybridized carbons (Fsp3) is 0.429. The Hall–Kier alpha value is -1.26. The maximum atomic E-state index is 11.9. The lowest BCUT2D eigenvalue weighted by Crippen LogP contribution is -2.32. The van der Waals surface area contributed by atoms with Crippen LogP contribution in [0, 0.1) is 5.92 Å². The van der Waals surface area contributed by atoms with E-state index in [1.807, 2.05) is 13.8 Å². The molecule has 4 nitrogen and oxygen atoms in total. The van der Waals surface area contributed by atoms with Crippen LogP contribution < -0.4 is 10.6 Å². The first-order chi connectivity index (χ1) is 9.40. The molecule has 1 aromatic carbocycles. The van der Waals surface area contributed by atoms with Gasteiger partial charge in [-0.25, -0.2) is 0 Å². The third-order valence-electron chi connectivity index (χ3n) is 2.52. The topological polar surface area (TPSA) is 58.2 Å². The van der Waals surface area contributed by atoms with Gasteiger partial charge in [-0.05, 0) is 24.1 Å².